The van der Waals surface area contributed by atoms with Crippen molar-refractivity contribution in [3.63, 3.8) is 0 Å². The molecule has 0 saturated carbocycles. The number of benzene rings is 4. The number of hydrogen-bond acceptors (Lipinski definition) is 4. The number of hydrazone groups is 1. The van der Waals surface area contributed by atoms with Crippen LogP contribution in [0.3, 0.4) is 0 Å². The van der Waals surface area contributed by atoms with Crippen molar-refractivity contribution in [1.29, 1.82) is 0 Å². The number of amides is 1. The topological polar surface area (TPSA) is 70.9 Å². The van der Waals surface area contributed by atoms with Crippen LogP contribution in [-0.4, -0.2) is 17.2 Å². The fraction of sp³-hybridized carbons (Fsp3) is 0.0400. The van der Waals surface area contributed by atoms with Gasteiger partial charge < -0.3 is 9.84 Å². The number of nitrogens with one attached hydrogen (secondary N) is 1. The maximum absolute atomic E-state index is 12.5. The summed E-state index contributed by atoms with van der Waals surface area (Å²) in [5, 5.41) is 17.0. The molecule has 33 heavy (non-hydrogen) atoms. The lowest BCUT2D eigenvalue weighted by atomic mass is 10.1. The van der Waals surface area contributed by atoms with E-state index in [0.29, 0.717) is 15.8 Å². The highest BCUT2D eigenvalue weighted by Gasteiger charge is 2.12. The summed E-state index contributed by atoms with van der Waals surface area (Å²) in [7, 11) is 0. The Kier molecular flexibility index (Phi) is 7.18. The number of rotatable bonds is 6. The lowest BCUT2D eigenvalue weighted by molar-refractivity contribution is 0.0952. The second kappa shape index (κ2) is 10.3. The summed E-state index contributed by atoms with van der Waals surface area (Å²) < 4.78 is 6.55. The molecule has 0 atom stereocenters. The highest BCUT2D eigenvalue weighted by atomic mass is 79.9. The van der Waals surface area contributed by atoms with E-state index in [2.05, 4.69) is 26.5 Å². The number of hydrogen-bond donors (Lipinski definition) is 2. The predicted octanol–water partition coefficient (Wildman–Crippen LogP) is 6.96. The van der Waals surface area contributed by atoms with Crippen LogP contribution in [0.1, 0.15) is 21.5 Å². The van der Waals surface area contributed by atoms with Gasteiger partial charge in [0.05, 0.1) is 16.3 Å². The number of carbonyl (C=O) groups is 1. The van der Waals surface area contributed by atoms with E-state index in [9.17, 15) is 9.90 Å². The van der Waals surface area contributed by atoms with Crippen molar-refractivity contribution >= 4 is 62.0 Å². The highest BCUT2D eigenvalue weighted by Crippen LogP contribution is 2.28. The number of aromatic hydroxyl groups is 1. The monoisotopic (exact) mass is 542 g/mol. The van der Waals surface area contributed by atoms with Gasteiger partial charge in [-0.2, -0.15) is 5.10 Å². The third kappa shape index (κ3) is 5.66. The van der Waals surface area contributed by atoms with Crippen LogP contribution in [0.15, 0.2) is 82.4 Å². The summed E-state index contributed by atoms with van der Waals surface area (Å²) in [4.78, 5) is 12.5. The van der Waals surface area contributed by atoms with Gasteiger partial charge in [-0.15, -0.1) is 0 Å². The van der Waals surface area contributed by atoms with Gasteiger partial charge in [0.25, 0.3) is 5.91 Å². The summed E-state index contributed by atoms with van der Waals surface area (Å²) in [5.41, 5.74) is 4.15. The molecule has 2 N–H and O–H groups in total. The van der Waals surface area contributed by atoms with Gasteiger partial charge in [-0.1, -0.05) is 53.5 Å². The molecule has 0 aliphatic heterocycles. The fourth-order valence-electron chi connectivity index (χ4n) is 3.14. The van der Waals surface area contributed by atoms with Gasteiger partial charge in [-0.05, 0) is 74.7 Å². The number of phenols is 1. The Morgan fingerprint density at radius 2 is 1.79 bits per heavy atom. The zero-order valence-corrected chi connectivity index (χ0v) is 20.2. The van der Waals surface area contributed by atoms with Crippen LogP contribution in [0.4, 0.5) is 0 Å². The molecule has 0 saturated heterocycles. The molecule has 0 bridgehead atoms. The molecule has 1 amide bonds. The first kappa shape index (κ1) is 23.1. The van der Waals surface area contributed by atoms with E-state index in [0.717, 1.165) is 26.4 Å². The molecule has 0 aliphatic carbocycles. The number of carbonyl (C=O) groups excluding carboxylic acids is 1. The molecular weight excluding hydrogens is 527 g/mol. The largest absolute Gasteiger partial charge is 0.507 e. The van der Waals surface area contributed by atoms with Crippen molar-refractivity contribution in [3.8, 4) is 11.5 Å². The van der Waals surface area contributed by atoms with Crippen molar-refractivity contribution < 1.29 is 14.6 Å². The van der Waals surface area contributed by atoms with Crippen molar-refractivity contribution in [2.45, 2.75) is 6.61 Å². The molecular formula is C25H17BrCl2N2O3. The van der Waals surface area contributed by atoms with Crippen LogP contribution in [-0.2, 0) is 6.61 Å². The van der Waals surface area contributed by atoms with Gasteiger partial charge in [0.1, 0.15) is 18.1 Å². The number of halogens is 3. The van der Waals surface area contributed by atoms with E-state index in [1.165, 1.54) is 6.21 Å². The fourth-order valence-corrected chi connectivity index (χ4v) is 4.12. The summed E-state index contributed by atoms with van der Waals surface area (Å²) in [5.74, 6) is 0.0168. The van der Waals surface area contributed by atoms with E-state index in [4.69, 9.17) is 27.9 Å². The zero-order chi connectivity index (χ0) is 23.4. The molecule has 4 rings (SSSR count). The third-order valence-electron chi connectivity index (χ3n) is 4.84. The molecule has 4 aromatic rings. The van der Waals surface area contributed by atoms with E-state index in [1.807, 2.05) is 36.4 Å². The SMILES string of the molecule is O=C(NN=Cc1ccc(OCc2ccc(Cl)cc2Cl)c(Br)c1)c1cc2ccccc2cc1O. The average Bonchev–Trinajstić information content (AvgIpc) is 2.79. The first-order valence-corrected chi connectivity index (χ1v) is 11.4. The molecule has 5 nitrogen and oxygen atoms in total. The lowest BCUT2D eigenvalue weighted by Crippen LogP contribution is -2.17. The quantitative estimate of drug-likeness (QED) is 0.204. The van der Waals surface area contributed by atoms with Gasteiger partial charge in [0.15, 0.2) is 0 Å². The minimum Gasteiger partial charge on any atom is -0.507 e. The number of fused-ring (bicyclic) bond motifs is 1. The van der Waals surface area contributed by atoms with Crippen LogP contribution in [0, 0.1) is 0 Å². The molecule has 166 valence electrons. The Bertz CT molecular complexity index is 1380. The standard InChI is InChI=1S/C25H17BrCl2N2O3/c26-21-9-15(5-8-24(21)33-14-18-6-7-19(27)12-22(18)28)13-29-30-25(32)20-10-16-3-1-2-4-17(16)11-23(20)31/h1-13,31H,14H2,(H,30,32). The van der Waals surface area contributed by atoms with Gasteiger partial charge in [0.2, 0.25) is 0 Å². The zero-order valence-electron chi connectivity index (χ0n) is 17.1. The van der Waals surface area contributed by atoms with E-state index in [1.54, 1.807) is 36.4 Å². The smallest absolute Gasteiger partial charge is 0.275 e. The maximum atomic E-state index is 12.5. The van der Waals surface area contributed by atoms with Crippen molar-refractivity contribution in [1.82, 2.24) is 5.43 Å². The second-order valence-corrected chi connectivity index (χ2v) is 8.83. The van der Waals surface area contributed by atoms with E-state index < -0.39 is 5.91 Å². The first-order chi connectivity index (χ1) is 15.9. The van der Waals surface area contributed by atoms with Crippen LogP contribution in [0.2, 0.25) is 10.0 Å². The molecule has 0 heterocycles. The van der Waals surface area contributed by atoms with Crippen LogP contribution >= 0.6 is 39.1 Å². The Labute approximate surface area is 208 Å². The minimum atomic E-state index is -0.506. The molecule has 8 heteroatoms. The first-order valence-electron chi connectivity index (χ1n) is 9.82. The second-order valence-electron chi connectivity index (χ2n) is 7.13. The van der Waals surface area contributed by atoms with Gasteiger partial charge in [0, 0.05) is 15.6 Å². The highest BCUT2D eigenvalue weighted by molar-refractivity contribution is 9.10. The summed E-state index contributed by atoms with van der Waals surface area (Å²) in [6.07, 6.45) is 1.50. The van der Waals surface area contributed by atoms with Crippen molar-refractivity contribution in [3.05, 3.63) is 104 Å². The third-order valence-corrected chi connectivity index (χ3v) is 6.05. The molecule has 4 aromatic carbocycles. The number of ether oxygens (including phenoxy) is 1. The Morgan fingerprint density at radius 1 is 1.03 bits per heavy atom. The summed E-state index contributed by atoms with van der Waals surface area (Å²) >= 11 is 15.6. The number of nitrogens with zero attached hydrogens (tertiary/aromatic N) is 1. The Morgan fingerprint density at radius 3 is 2.52 bits per heavy atom. The van der Waals surface area contributed by atoms with E-state index in [-0.39, 0.29) is 17.9 Å². The molecule has 0 radical (unpaired) electrons. The lowest BCUT2D eigenvalue weighted by Gasteiger charge is -2.10. The van der Waals surface area contributed by atoms with Crippen molar-refractivity contribution in [2.75, 3.05) is 0 Å². The van der Waals surface area contributed by atoms with Crippen LogP contribution < -0.4 is 10.2 Å². The molecule has 0 unspecified atom stereocenters. The van der Waals surface area contributed by atoms with Crippen LogP contribution in [0.5, 0.6) is 11.5 Å². The summed E-state index contributed by atoms with van der Waals surface area (Å²) in [6.45, 7) is 0.285. The molecule has 0 fully saturated rings. The summed E-state index contributed by atoms with van der Waals surface area (Å²) in [6, 6.07) is 21.3. The predicted molar refractivity (Wildman–Crippen MR) is 136 cm³/mol. The Balaban J connectivity index is 1.40. The molecule has 0 aromatic heterocycles. The van der Waals surface area contributed by atoms with Gasteiger partial charge >= 0.3 is 0 Å². The minimum absolute atomic E-state index is 0.105. The molecule has 0 aliphatic rings. The van der Waals surface area contributed by atoms with Gasteiger partial charge in [-0.3, -0.25) is 4.79 Å². The normalized spacial score (nSPS) is 11.1. The molecule has 0 spiro atoms. The maximum Gasteiger partial charge on any atom is 0.275 e. The Hall–Kier alpha value is -3.06. The van der Waals surface area contributed by atoms with Crippen molar-refractivity contribution in [2.24, 2.45) is 5.10 Å². The average molecular weight is 544 g/mol. The number of phenolic OH excluding ortho intramolecular Hbond substituents is 1. The van der Waals surface area contributed by atoms with Gasteiger partial charge in [-0.25, -0.2) is 5.43 Å². The van der Waals surface area contributed by atoms with E-state index >= 15 is 0 Å². The van der Waals surface area contributed by atoms with Crippen LogP contribution in [0.25, 0.3) is 10.8 Å².